The van der Waals surface area contributed by atoms with Gasteiger partial charge in [0.1, 0.15) is 0 Å². The Kier molecular flexibility index (Phi) is 6.00. The predicted molar refractivity (Wildman–Crippen MR) is 107 cm³/mol. The average Bonchev–Trinajstić information content (AvgIpc) is 3.16. The zero-order valence-electron chi connectivity index (χ0n) is 15.4. The number of carbonyl (C=O) groups excluding carboxylic acids is 2. The molecule has 3 unspecified atom stereocenters. The number of carbonyl (C=O) groups is 2. The summed E-state index contributed by atoms with van der Waals surface area (Å²) in [6.07, 6.45) is 3.35. The van der Waals surface area contributed by atoms with E-state index in [-0.39, 0.29) is 42.1 Å². The van der Waals surface area contributed by atoms with Gasteiger partial charge < -0.3 is 15.1 Å². The number of likely N-dealkylation sites (tertiary alicyclic amines) is 1. The smallest absolute Gasteiger partial charge is 0.238 e. The van der Waals surface area contributed by atoms with Gasteiger partial charge >= 0.3 is 0 Å². The number of hydrogen-bond acceptors (Lipinski definition) is 5. The SMILES string of the molecule is Cl.NS(=O)(=O)c1cccc(N2CC(C(=O)N3CCC4CCC(C3)N4)CC2=O)c1. The Morgan fingerprint density at radius 3 is 2.64 bits per heavy atom. The number of fused-ring (bicyclic) bond motifs is 2. The van der Waals surface area contributed by atoms with E-state index in [2.05, 4.69) is 5.32 Å². The highest BCUT2D eigenvalue weighted by Gasteiger charge is 2.39. The highest BCUT2D eigenvalue weighted by Crippen LogP contribution is 2.29. The number of halogens is 1. The quantitative estimate of drug-likeness (QED) is 0.726. The Morgan fingerprint density at radius 2 is 1.89 bits per heavy atom. The molecule has 0 spiro atoms. The number of sulfonamides is 1. The van der Waals surface area contributed by atoms with Crippen LogP contribution < -0.4 is 15.4 Å². The maximum absolute atomic E-state index is 13.0. The molecule has 1 aromatic rings. The van der Waals surface area contributed by atoms with Crippen molar-refractivity contribution >= 4 is 39.9 Å². The molecule has 3 N–H and O–H groups in total. The van der Waals surface area contributed by atoms with Crippen molar-refractivity contribution in [2.24, 2.45) is 11.1 Å². The molecule has 3 aliphatic heterocycles. The summed E-state index contributed by atoms with van der Waals surface area (Å²) in [5.41, 5.74) is 0.457. The summed E-state index contributed by atoms with van der Waals surface area (Å²) in [6, 6.07) is 6.83. The third-order valence-corrected chi connectivity index (χ3v) is 6.68. The maximum Gasteiger partial charge on any atom is 0.238 e. The van der Waals surface area contributed by atoms with Gasteiger partial charge in [-0.05, 0) is 37.5 Å². The zero-order valence-corrected chi connectivity index (χ0v) is 17.0. The van der Waals surface area contributed by atoms with Crippen molar-refractivity contribution in [3.8, 4) is 0 Å². The van der Waals surface area contributed by atoms with Crippen LogP contribution >= 0.6 is 12.4 Å². The van der Waals surface area contributed by atoms with E-state index in [1.54, 1.807) is 12.1 Å². The summed E-state index contributed by atoms with van der Waals surface area (Å²) >= 11 is 0. The normalized spacial score (nSPS) is 27.5. The summed E-state index contributed by atoms with van der Waals surface area (Å²) in [5.74, 6) is -0.551. The van der Waals surface area contributed by atoms with E-state index in [9.17, 15) is 18.0 Å². The third-order valence-electron chi connectivity index (χ3n) is 5.77. The number of benzene rings is 1. The molecule has 0 radical (unpaired) electrons. The van der Waals surface area contributed by atoms with Crippen molar-refractivity contribution in [1.82, 2.24) is 10.2 Å². The topological polar surface area (TPSA) is 113 Å². The van der Waals surface area contributed by atoms with Gasteiger partial charge in [-0.25, -0.2) is 13.6 Å². The molecule has 10 heteroatoms. The Bertz CT molecular complexity index is 878. The lowest BCUT2D eigenvalue weighted by atomic mass is 10.0. The van der Waals surface area contributed by atoms with Crippen LogP contribution in [0.1, 0.15) is 25.7 Å². The van der Waals surface area contributed by atoms with Crippen molar-refractivity contribution in [3.63, 3.8) is 0 Å². The molecule has 0 aliphatic carbocycles. The number of nitrogens with one attached hydrogen (secondary N) is 1. The second-order valence-corrected chi connectivity index (χ2v) is 9.22. The summed E-state index contributed by atoms with van der Waals surface area (Å²) < 4.78 is 23.1. The van der Waals surface area contributed by atoms with Gasteiger partial charge in [0.15, 0.2) is 0 Å². The molecule has 3 atom stereocenters. The number of hydrogen-bond donors (Lipinski definition) is 2. The zero-order chi connectivity index (χ0) is 19.2. The predicted octanol–water partition coefficient (Wildman–Crippen LogP) is 0.462. The first-order chi connectivity index (χ1) is 12.8. The molecule has 3 aliphatic rings. The third kappa shape index (κ3) is 4.17. The van der Waals surface area contributed by atoms with E-state index >= 15 is 0 Å². The van der Waals surface area contributed by atoms with Gasteiger partial charge in [-0.2, -0.15) is 0 Å². The monoisotopic (exact) mass is 428 g/mol. The lowest BCUT2D eigenvalue weighted by Gasteiger charge is -2.27. The Labute approximate surface area is 170 Å². The first kappa shape index (κ1) is 21.0. The largest absolute Gasteiger partial charge is 0.341 e. The molecule has 3 heterocycles. The van der Waals surface area contributed by atoms with E-state index in [4.69, 9.17) is 5.14 Å². The van der Waals surface area contributed by atoms with Gasteiger partial charge in [0, 0.05) is 43.8 Å². The van der Waals surface area contributed by atoms with Crippen molar-refractivity contribution in [1.29, 1.82) is 0 Å². The molecule has 4 rings (SSSR count). The average molecular weight is 429 g/mol. The van der Waals surface area contributed by atoms with E-state index in [1.807, 2.05) is 4.90 Å². The summed E-state index contributed by atoms with van der Waals surface area (Å²) in [5, 5.41) is 8.73. The number of primary sulfonamides is 1. The highest BCUT2D eigenvalue weighted by atomic mass is 35.5. The van der Waals surface area contributed by atoms with E-state index in [0.29, 0.717) is 24.3 Å². The van der Waals surface area contributed by atoms with Crippen LogP contribution in [0.2, 0.25) is 0 Å². The molecule has 8 nitrogen and oxygen atoms in total. The van der Waals surface area contributed by atoms with Crippen molar-refractivity contribution in [2.45, 2.75) is 42.7 Å². The van der Waals surface area contributed by atoms with Gasteiger partial charge in [0.25, 0.3) is 0 Å². The lowest BCUT2D eigenvalue weighted by Crippen LogP contribution is -2.42. The van der Waals surface area contributed by atoms with Crippen molar-refractivity contribution in [2.75, 3.05) is 24.5 Å². The lowest BCUT2D eigenvalue weighted by molar-refractivity contribution is -0.136. The number of rotatable bonds is 3. The minimum atomic E-state index is -3.85. The molecule has 154 valence electrons. The van der Waals surface area contributed by atoms with Gasteiger partial charge in [-0.3, -0.25) is 9.59 Å². The van der Waals surface area contributed by atoms with Gasteiger partial charge in [0.2, 0.25) is 21.8 Å². The number of anilines is 1. The highest BCUT2D eigenvalue weighted by molar-refractivity contribution is 7.89. The Balaban J connectivity index is 0.00000225. The molecular formula is C18H25ClN4O4S. The van der Waals surface area contributed by atoms with Gasteiger partial charge in [-0.1, -0.05) is 6.07 Å². The second kappa shape index (κ2) is 7.98. The maximum atomic E-state index is 13.0. The summed E-state index contributed by atoms with van der Waals surface area (Å²) in [6.45, 7) is 1.68. The van der Waals surface area contributed by atoms with E-state index < -0.39 is 15.9 Å². The molecule has 2 bridgehead atoms. The van der Waals surface area contributed by atoms with Crippen molar-refractivity contribution < 1.29 is 18.0 Å². The van der Waals surface area contributed by atoms with Gasteiger partial charge in [0.05, 0.1) is 10.8 Å². The minimum absolute atomic E-state index is 0. The summed E-state index contributed by atoms with van der Waals surface area (Å²) in [7, 11) is -3.85. The fourth-order valence-corrected chi connectivity index (χ4v) is 4.91. The minimum Gasteiger partial charge on any atom is -0.341 e. The van der Waals surface area contributed by atoms with Crippen LogP contribution in [0.25, 0.3) is 0 Å². The van der Waals surface area contributed by atoms with Gasteiger partial charge in [-0.15, -0.1) is 12.4 Å². The Morgan fingerprint density at radius 1 is 1.14 bits per heavy atom. The summed E-state index contributed by atoms with van der Waals surface area (Å²) in [4.78, 5) is 28.8. The number of nitrogens with two attached hydrogens (primary N) is 1. The van der Waals surface area contributed by atoms with Crippen LogP contribution in [-0.4, -0.2) is 56.9 Å². The van der Waals surface area contributed by atoms with Crippen LogP contribution in [-0.2, 0) is 19.6 Å². The second-order valence-electron chi connectivity index (χ2n) is 7.66. The van der Waals surface area contributed by atoms with Crippen LogP contribution in [0.3, 0.4) is 0 Å². The number of amides is 2. The fourth-order valence-electron chi connectivity index (χ4n) is 4.35. The fraction of sp³-hybridized carbons (Fsp3) is 0.556. The first-order valence-electron chi connectivity index (χ1n) is 9.29. The van der Waals surface area contributed by atoms with Crippen LogP contribution in [0.15, 0.2) is 29.2 Å². The standard InChI is InChI=1S/C18H24N4O4S.ClH/c19-27(25,26)16-3-1-2-15(9-16)22-10-12(8-17(22)23)18(24)21-7-6-13-4-5-14(11-21)20-13;/h1-3,9,12-14,20H,4-8,10-11H2,(H2,19,25,26);1H. The van der Waals surface area contributed by atoms with E-state index in [0.717, 1.165) is 19.4 Å². The Hall–Kier alpha value is -1.68. The molecule has 0 aromatic heterocycles. The van der Waals surface area contributed by atoms with Crippen molar-refractivity contribution in [3.05, 3.63) is 24.3 Å². The van der Waals surface area contributed by atoms with Crippen LogP contribution in [0.5, 0.6) is 0 Å². The molecule has 1 aromatic carbocycles. The first-order valence-corrected chi connectivity index (χ1v) is 10.8. The molecular weight excluding hydrogens is 404 g/mol. The van der Waals surface area contributed by atoms with E-state index in [1.165, 1.54) is 23.5 Å². The molecule has 2 amide bonds. The molecule has 3 saturated heterocycles. The van der Waals surface area contributed by atoms with Crippen LogP contribution in [0.4, 0.5) is 5.69 Å². The van der Waals surface area contributed by atoms with Crippen LogP contribution in [0, 0.1) is 5.92 Å². The number of nitrogens with zero attached hydrogens (tertiary/aromatic N) is 2. The molecule has 0 saturated carbocycles. The molecule has 28 heavy (non-hydrogen) atoms. The molecule has 3 fully saturated rings.